The normalized spacial score (nSPS) is 11.9. The van der Waals surface area contributed by atoms with Gasteiger partial charge < -0.3 is 10.2 Å². The Labute approximate surface area is 192 Å². The van der Waals surface area contributed by atoms with Crippen molar-refractivity contribution in [2.24, 2.45) is 5.92 Å². The quantitative estimate of drug-likeness (QED) is 0.498. The van der Waals surface area contributed by atoms with Gasteiger partial charge in [0.2, 0.25) is 11.8 Å². The van der Waals surface area contributed by atoms with Crippen LogP contribution in [0.5, 0.6) is 0 Å². The number of nitrogens with one attached hydrogen (secondary N) is 1. The summed E-state index contributed by atoms with van der Waals surface area (Å²) in [5.41, 5.74) is 3.42. The van der Waals surface area contributed by atoms with Crippen molar-refractivity contribution in [1.29, 1.82) is 0 Å². The standard InChI is InChI=1S/C24H31BrN2O2S/c1-17(2)13-26-24(29)19(4)27(14-20-9-11-22(25)12-10-20)23(28)16-30-15-21-7-5-18(3)6-8-21/h5-12,17,19H,13-16H2,1-4H3,(H,26,29)/t19-/m0/s1. The van der Waals surface area contributed by atoms with E-state index >= 15 is 0 Å². The van der Waals surface area contributed by atoms with E-state index in [0.29, 0.717) is 24.8 Å². The number of amides is 2. The van der Waals surface area contributed by atoms with E-state index in [4.69, 9.17) is 0 Å². The van der Waals surface area contributed by atoms with Gasteiger partial charge in [-0.1, -0.05) is 71.7 Å². The average Bonchev–Trinajstić information content (AvgIpc) is 2.72. The summed E-state index contributed by atoms with van der Waals surface area (Å²) in [4.78, 5) is 27.4. The molecule has 6 heteroatoms. The van der Waals surface area contributed by atoms with Gasteiger partial charge >= 0.3 is 0 Å². The summed E-state index contributed by atoms with van der Waals surface area (Å²) < 4.78 is 0.987. The zero-order valence-electron chi connectivity index (χ0n) is 18.2. The van der Waals surface area contributed by atoms with Crippen LogP contribution in [0.15, 0.2) is 53.0 Å². The van der Waals surface area contributed by atoms with Crippen molar-refractivity contribution in [3.05, 3.63) is 69.7 Å². The Morgan fingerprint density at radius 3 is 2.20 bits per heavy atom. The minimum Gasteiger partial charge on any atom is -0.354 e. The molecule has 0 aromatic heterocycles. The number of halogens is 1. The molecular weight excluding hydrogens is 460 g/mol. The summed E-state index contributed by atoms with van der Waals surface area (Å²) in [6.45, 7) is 8.98. The smallest absolute Gasteiger partial charge is 0.242 e. The molecule has 0 heterocycles. The fourth-order valence-electron chi connectivity index (χ4n) is 2.84. The zero-order valence-corrected chi connectivity index (χ0v) is 20.6. The summed E-state index contributed by atoms with van der Waals surface area (Å²) in [5, 5.41) is 2.95. The van der Waals surface area contributed by atoms with Crippen LogP contribution in [0, 0.1) is 12.8 Å². The second-order valence-corrected chi connectivity index (χ2v) is 9.84. The third kappa shape index (κ3) is 8.15. The maximum absolute atomic E-state index is 13.1. The molecule has 0 spiro atoms. The molecule has 4 nitrogen and oxygen atoms in total. The lowest BCUT2D eigenvalue weighted by Crippen LogP contribution is -2.48. The summed E-state index contributed by atoms with van der Waals surface area (Å²) in [6.07, 6.45) is 0. The van der Waals surface area contributed by atoms with Gasteiger partial charge in [-0.2, -0.15) is 0 Å². The monoisotopic (exact) mass is 490 g/mol. The minimum atomic E-state index is -0.528. The van der Waals surface area contributed by atoms with Crippen LogP contribution in [0.25, 0.3) is 0 Å². The number of thioether (sulfide) groups is 1. The van der Waals surface area contributed by atoms with E-state index in [2.05, 4.69) is 66.3 Å². The fourth-order valence-corrected chi connectivity index (χ4v) is 3.98. The Morgan fingerprint density at radius 1 is 1.00 bits per heavy atom. The number of carbonyl (C=O) groups is 2. The van der Waals surface area contributed by atoms with Crippen molar-refractivity contribution in [3.63, 3.8) is 0 Å². The summed E-state index contributed by atoms with van der Waals surface area (Å²) in [7, 11) is 0. The molecule has 30 heavy (non-hydrogen) atoms. The predicted octanol–water partition coefficient (Wildman–Crippen LogP) is 5.18. The van der Waals surface area contributed by atoms with E-state index < -0.39 is 6.04 Å². The van der Waals surface area contributed by atoms with Crippen LogP contribution in [0.2, 0.25) is 0 Å². The highest BCUT2D eigenvalue weighted by atomic mass is 79.9. The molecule has 2 rings (SSSR count). The maximum atomic E-state index is 13.1. The molecule has 0 aliphatic heterocycles. The van der Waals surface area contributed by atoms with Gasteiger partial charge in [-0.05, 0) is 43.0 Å². The van der Waals surface area contributed by atoms with Crippen molar-refractivity contribution in [2.75, 3.05) is 12.3 Å². The predicted molar refractivity (Wildman–Crippen MR) is 129 cm³/mol. The van der Waals surface area contributed by atoms with E-state index in [9.17, 15) is 9.59 Å². The van der Waals surface area contributed by atoms with Crippen molar-refractivity contribution >= 4 is 39.5 Å². The first-order valence-electron chi connectivity index (χ1n) is 10.2. The summed E-state index contributed by atoms with van der Waals surface area (Å²) in [6, 6.07) is 15.7. The highest BCUT2D eigenvalue weighted by Crippen LogP contribution is 2.18. The van der Waals surface area contributed by atoms with Gasteiger partial charge in [0, 0.05) is 23.3 Å². The number of benzene rings is 2. The number of rotatable bonds is 10. The average molecular weight is 491 g/mol. The van der Waals surface area contributed by atoms with Crippen LogP contribution in [0.4, 0.5) is 0 Å². The Hall–Kier alpha value is -1.79. The summed E-state index contributed by atoms with van der Waals surface area (Å²) >= 11 is 5.02. The molecule has 2 aromatic carbocycles. The van der Waals surface area contributed by atoms with Gasteiger partial charge in [-0.25, -0.2) is 0 Å². The lowest BCUT2D eigenvalue weighted by atomic mass is 10.1. The molecule has 1 N–H and O–H groups in total. The second-order valence-electron chi connectivity index (χ2n) is 7.94. The molecule has 1 atom stereocenters. The van der Waals surface area contributed by atoms with E-state index in [1.165, 1.54) is 11.1 Å². The van der Waals surface area contributed by atoms with Gasteiger partial charge in [0.05, 0.1) is 5.75 Å². The minimum absolute atomic E-state index is 0.0257. The molecule has 2 amide bonds. The van der Waals surface area contributed by atoms with Crippen LogP contribution in [-0.4, -0.2) is 35.1 Å². The Bertz CT molecular complexity index is 822. The third-order valence-corrected chi connectivity index (χ3v) is 6.25. The SMILES string of the molecule is Cc1ccc(CSCC(=O)N(Cc2ccc(Br)cc2)[C@@H](C)C(=O)NCC(C)C)cc1. The van der Waals surface area contributed by atoms with Gasteiger partial charge in [-0.15, -0.1) is 11.8 Å². The van der Waals surface area contributed by atoms with E-state index in [1.807, 2.05) is 24.3 Å². The topological polar surface area (TPSA) is 49.4 Å². The van der Waals surface area contributed by atoms with E-state index in [0.717, 1.165) is 15.8 Å². The number of carbonyl (C=O) groups excluding carboxylic acids is 2. The van der Waals surface area contributed by atoms with E-state index in [1.54, 1.807) is 23.6 Å². The first kappa shape index (κ1) is 24.5. The molecule has 0 saturated carbocycles. The van der Waals surface area contributed by atoms with Gasteiger partial charge in [-0.3, -0.25) is 9.59 Å². The molecule has 0 aliphatic rings. The molecule has 0 fully saturated rings. The molecule has 0 saturated heterocycles. The number of hydrogen-bond donors (Lipinski definition) is 1. The third-order valence-electron chi connectivity index (χ3n) is 4.73. The number of hydrogen-bond acceptors (Lipinski definition) is 3. The van der Waals surface area contributed by atoms with Crippen LogP contribution in [-0.2, 0) is 21.9 Å². The lowest BCUT2D eigenvalue weighted by Gasteiger charge is -2.29. The fraction of sp³-hybridized carbons (Fsp3) is 0.417. The molecule has 0 aliphatic carbocycles. The van der Waals surface area contributed by atoms with Crippen molar-refractivity contribution in [3.8, 4) is 0 Å². The largest absolute Gasteiger partial charge is 0.354 e. The Balaban J connectivity index is 2.04. The van der Waals surface area contributed by atoms with Crippen LogP contribution >= 0.6 is 27.7 Å². The second kappa shape index (κ2) is 12.2. The highest BCUT2D eigenvalue weighted by molar-refractivity contribution is 9.10. The van der Waals surface area contributed by atoms with Crippen molar-refractivity contribution < 1.29 is 9.59 Å². The van der Waals surface area contributed by atoms with Gasteiger partial charge in [0.25, 0.3) is 0 Å². The lowest BCUT2D eigenvalue weighted by molar-refractivity contribution is -0.138. The van der Waals surface area contributed by atoms with Gasteiger partial charge in [0.15, 0.2) is 0 Å². The number of nitrogens with zero attached hydrogens (tertiary/aromatic N) is 1. The molecule has 0 bridgehead atoms. The van der Waals surface area contributed by atoms with Crippen LogP contribution in [0.1, 0.15) is 37.5 Å². The van der Waals surface area contributed by atoms with Crippen LogP contribution in [0.3, 0.4) is 0 Å². The Kier molecular flexibility index (Phi) is 9.92. The van der Waals surface area contributed by atoms with Crippen LogP contribution < -0.4 is 5.32 Å². The van der Waals surface area contributed by atoms with Crippen molar-refractivity contribution in [1.82, 2.24) is 10.2 Å². The molecule has 162 valence electrons. The number of aryl methyl sites for hydroxylation is 1. The molecule has 0 unspecified atom stereocenters. The first-order valence-corrected chi connectivity index (χ1v) is 12.2. The van der Waals surface area contributed by atoms with Gasteiger partial charge in [0.1, 0.15) is 6.04 Å². The van der Waals surface area contributed by atoms with Crippen molar-refractivity contribution in [2.45, 2.75) is 46.0 Å². The maximum Gasteiger partial charge on any atom is 0.242 e. The summed E-state index contributed by atoms with van der Waals surface area (Å²) in [5.74, 6) is 1.33. The molecule has 2 aromatic rings. The molecule has 0 radical (unpaired) electrons. The first-order chi connectivity index (χ1) is 14.3. The molecular formula is C24H31BrN2O2S. The van der Waals surface area contributed by atoms with E-state index in [-0.39, 0.29) is 11.8 Å². The Morgan fingerprint density at radius 2 is 1.60 bits per heavy atom. The highest BCUT2D eigenvalue weighted by Gasteiger charge is 2.26. The zero-order chi connectivity index (χ0) is 22.1.